The summed E-state index contributed by atoms with van der Waals surface area (Å²) in [5.74, 6) is 3.11. The number of hydrogen-bond acceptors (Lipinski definition) is 4. The van der Waals surface area contributed by atoms with Gasteiger partial charge in [0, 0.05) is 18.3 Å². The molecule has 0 radical (unpaired) electrons. The van der Waals surface area contributed by atoms with E-state index in [9.17, 15) is 8.42 Å². The van der Waals surface area contributed by atoms with Crippen LogP contribution in [0.25, 0.3) is 0 Å². The Labute approximate surface area is 109 Å². The Kier molecular flexibility index (Phi) is 4.74. The van der Waals surface area contributed by atoms with Gasteiger partial charge < -0.3 is 0 Å². The van der Waals surface area contributed by atoms with Gasteiger partial charge in [-0.25, -0.2) is 13.1 Å². The van der Waals surface area contributed by atoms with Gasteiger partial charge in [0.1, 0.15) is 0 Å². The van der Waals surface area contributed by atoms with Crippen LogP contribution in [0.2, 0.25) is 0 Å². The van der Waals surface area contributed by atoms with Crippen LogP contribution in [0, 0.1) is 5.92 Å². The molecule has 0 aromatic rings. The van der Waals surface area contributed by atoms with Crippen LogP contribution in [0.4, 0.5) is 0 Å². The summed E-state index contributed by atoms with van der Waals surface area (Å²) in [7, 11) is -3.02. The lowest BCUT2D eigenvalue weighted by Crippen LogP contribution is -2.43. The predicted molar refractivity (Wildman–Crippen MR) is 72.9 cm³/mol. The van der Waals surface area contributed by atoms with Crippen molar-refractivity contribution in [1.29, 1.82) is 0 Å². The monoisotopic (exact) mass is 278 g/mol. The maximum atomic E-state index is 11.0. The number of piperidine rings is 1. The van der Waals surface area contributed by atoms with Crippen molar-refractivity contribution in [1.82, 2.24) is 9.62 Å². The van der Waals surface area contributed by atoms with Crippen LogP contribution in [-0.4, -0.2) is 56.8 Å². The van der Waals surface area contributed by atoms with E-state index in [1.54, 1.807) is 0 Å². The van der Waals surface area contributed by atoms with Crippen molar-refractivity contribution in [3.8, 4) is 0 Å². The zero-order valence-corrected chi connectivity index (χ0v) is 12.0. The van der Waals surface area contributed by atoms with Gasteiger partial charge in [0.05, 0.1) is 6.26 Å². The fourth-order valence-corrected chi connectivity index (χ4v) is 4.39. The van der Waals surface area contributed by atoms with Crippen molar-refractivity contribution in [2.45, 2.75) is 25.3 Å². The Balaban J connectivity index is 1.70. The first-order valence-electron chi connectivity index (χ1n) is 6.31. The van der Waals surface area contributed by atoms with Gasteiger partial charge in [0.2, 0.25) is 10.0 Å². The fourth-order valence-electron chi connectivity index (χ4n) is 2.60. The molecule has 2 saturated heterocycles. The number of nitrogens with one attached hydrogen (secondary N) is 1. The molecule has 4 nitrogen and oxygen atoms in total. The molecule has 0 spiro atoms. The first kappa shape index (κ1) is 13.6. The average molecular weight is 278 g/mol. The summed E-state index contributed by atoms with van der Waals surface area (Å²) >= 11 is 2.06. The summed E-state index contributed by atoms with van der Waals surface area (Å²) in [6.45, 7) is 2.90. The van der Waals surface area contributed by atoms with Gasteiger partial charge in [-0.2, -0.15) is 11.8 Å². The summed E-state index contributed by atoms with van der Waals surface area (Å²) < 4.78 is 24.7. The molecule has 0 saturated carbocycles. The number of nitrogens with zero attached hydrogens (tertiary/aromatic N) is 1. The van der Waals surface area contributed by atoms with Crippen LogP contribution in [0.5, 0.6) is 0 Å². The van der Waals surface area contributed by atoms with Gasteiger partial charge >= 0.3 is 0 Å². The predicted octanol–water partition coefficient (Wildman–Crippen LogP) is 0.753. The van der Waals surface area contributed by atoms with E-state index in [-0.39, 0.29) is 0 Å². The third-order valence-corrected chi connectivity index (χ3v) is 5.54. The molecule has 0 bridgehead atoms. The molecule has 2 heterocycles. The second kappa shape index (κ2) is 5.91. The number of sulfonamides is 1. The van der Waals surface area contributed by atoms with E-state index in [4.69, 9.17) is 0 Å². The highest BCUT2D eigenvalue weighted by Gasteiger charge is 2.27. The SMILES string of the molecule is CS(=O)(=O)NCC1CCN(C2CCSC2)CC1. The number of hydrogen-bond donors (Lipinski definition) is 1. The van der Waals surface area contributed by atoms with Crippen LogP contribution in [0.1, 0.15) is 19.3 Å². The Morgan fingerprint density at radius 2 is 2.00 bits per heavy atom. The quantitative estimate of drug-likeness (QED) is 0.824. The standard InChI is InChI=1S/C11H22N2O2S2/c1-17(14,15)12-8-10-2-5-13(6-3-10)11-4-7-16-9-11/h10-12H,2-9H2,1H3. The van der Waals surface area contributed by atoms with E-state index in [0.717, 1.165) is 32.0 Å². The maximum absolute atomic E-state index is 11.0. The third kappa shape index (κ3) is 4.43. The topological polar surface area (TPSA) is 49.4 Å². The minimum Gasteiger partial charge on any atom is -0.300 e. The lowest BCUT2D eigenvalue weighted by atomic mass is 9.96. The molecule has 100 valence electrons. The largest absolute Gasteiger partial charge is 0.300 e. The third-order valence-electron chi connectivity index (χ3n) is 3.71. The molecule has 2 fully saturated rings. The van der Waals surface area contributed by atoms with Crippen LogP contribution in [0.15, 0.2) is 0 Å². The van der Waals surface area contributed by atoms with Crippen LogP contribution in [-0.2, 0) is 10.0 Å². The van der Waals surface area contributed by atoms with Gasteiger partial charge in [0.25, 0.3) is 0 Å². The van der Waals surface area contributed by atoms with Crippen molar-refractivity contribution in [2.24, 2.45) is 5.92 Å². The van der Waals surface area contributed by atoms with Gasteiger partial charge in [0.15, 0.2) is 0 Å². The highest BCUT2D eigenvalue weighted by molar-refractivity contribution is 7.99. The lowest BCUT2D eigenvalue weighted by Gasteiger charge is -2.35. The van der Waals surface area contributed by atoms with Crippen molar-refractivity contribution in [2.75, 3.05) is 37.4 Å². The molecule has 0 aromatic heterocycles. The normalized spacial score (nSPS) is 28.6. The van der Waals surface area contributed by atoms with Crippen molar-refractivity contribution in [3.05, 3.63) is 0 Å². The molecule has 1 unspecified atom stereocenters. The van der Waals surface area contributed by atoms with Crippen molar-refractivity contribution in [3.63, 3.8) is 0 Å². The van der Waals surface area contributed by atoms with Gasteiger partial charge in [-0.05, 0) is 44.0 Å². The van der Waals surface area contributed by atoms with E-state index in [1.165, 1.54) is 24.2 Å². The minimum atomic E-state index is -3.02. The van der Waals surface area contributed by atoms with E-state index in [0.29, 0.717) is 12.5 Å². The minimum absolute atomic E-state index is 0.523. The molecule has 1 N–H and O–H groups in total. The number of likely N-dealkylation sites (tertiary alicyclic amines) is 1. The van der Waals surface area contributed by atoms with E-state index in [1.807, 2.05) is 0 Å². The first-order valence-corrected chi connectivity index (χ1v) is 9.35. The molecular weight excluding hydrogens is 256 g/mol. The summed E-state index contributed by atoms with van der Waals surface area (Å²) in [5.41, 5.74) is 0. The van der Waals surface area contributed by atoms with Crippen LogP contribution < -0.4 is 4.72 Å². The fraction of sp³-hybridized carbons (Fsp3) is 1.00. The molecule has 17 heavy (non-hydrogen) atoms. The smallest absolute Gasteiger partial charge is 0.208 e. The Morgan fingerprint density at radius 3 is 2.53 bits per heavy atom. The molecule has 1 atom stereocenters. The second-order valence-electron chi connectivity index (χ2n) is 5.12. The van der Waals surface area contributed by atoms with Crippen molar-refractivity contribution >= 4 is 21.8 Å². The van der Waals surface area contributed by atoms with E-state index >= 15 is 0 Å². The zero-order valence-electron chi connectivity index (χ0n) is 10.4. The highest BCUT2D eigenvalue weighted by atomic mass is 32.2. The number of rotatable bonds is 4. The molecule has 2 aliphatic heterocycles. The summed E-state index contributed by atoms with van der Waals surface area (Å²) in [6.07, 6.45) is 4.82. The second-order valence-corrected chi connectivity index (χ2v) is 8.10. The molecule has 2 rings (SSSR count). The summed E-state index contributed by atoms with van der Waals surface area (Å²) in [5, 5.41) is 0. The van der Waals surface area contributed by atoms with E-state index in [2.05, 4.69) is 21.4 Å². The molecular formula is C11H22N2O2S2. The van der Waals surface area contributed by atoms with Crippen LogP contribution in [0.3, 0.4) is 0 Å². The number of thioether (sulfide) groups is 1. The summed E-state index contributed by atoms with van der Waals surface area (Å²) in [4.78, 5) is 2.59. The zero-order chi connectivity index (χ0) is 12.3. The average Bonchev–Trinajstić information content (AvgIpc) is 2.79. The molecule has 2 aliphatic rings. The Bertz CT molecular complexity index is 331. The van der Waals surface area contributed by atoms with E-state index < -0.39 is 10.0 Å². The summed E-state index contributed by atoms with van der Waals surface area (Å²) in [6, 6.07) is 0.781. The van der Waals surface area contributed by atoms with Gasteiger partial charge in [-0.3, -0.25) is 4.90 Å². The molecule has 6 heteroatoms. The maximum Gasteiger partial charge on any atom is 0.208 e. The highest BCUT2D eigenvalue weighted by Crippen LogP contribution is 2.26. The van der Waals surface area contributed by atoms with Gasteiger partial charge in [-0.1, -0.05) is 0 Å². The van der Waals surface area contributed by atoms with Crippen LogP contribution >= 0.6 is 11.8 Å². The Hall–Kier alpha value is 0.220. The Morgan fingerprint density at radius 1 is 1.29 bits per heavy atom. The van der Waals surface area contributed by atoms with Crippen molar-refractivity contribution < 1.29 is 8.42 Å². The van der Waals surface area contributed by atoms with Gasteiger partial charge in [-0.15, -0.1) is 0 Å². The first-order chi connectivity index (χ1) is 8.04. The molecule has 0 aromatic carbocycles. The molecule has 0 amide bonds. The lowest BCUT2D eigenvalue weighted by molar-refractivity contribution is 0.145. The molecule has 0 aliphatic carbocycles.